The first-order chi connectivity index (χ1) is 12.0. The van der Waals surface area contributed by atoms with Crippen molar-refractivity contribution in [2.24, 2.45) is 4.99 Å². The van der Waals surface area contributed by atoms with Crippen molar-refractivity contribution in [3.8, 4) is 5.69 Å². The zero-order valence-corrected chi connectivity index (χ0v) is 15.1. The molecule has 1 heterocycles. The second-order valence-electron chi connectivity index (χ2n) is 6.30. The predicted octanol–water partition coefficient (Wildman–Crippen LogP) is 4.40. The first kappa shape index (κ1) is 17.0. The van der Waals surface area contributed by atoms with Crippen LogP contribution in [-0.2, 0) is 6.42 Å². The fraction of sp³-hybridized carbons (Fsp3) is 0.238. The maximum Gasteiger partial charge on any atom is 0.280 e. The van der Waals surface area contributed by atoms with E-state index in [0.717, 1.165) is 29.1 Å². The van der Waals surface area contributed by atoms with E-state index in [2.05, 4.69) is 30.0 Å². The molecule has 25 heavy (non-hydrogen) atoms. The van der Waals surface area contributed by atoms with E-state index in [1.54, 1.807) is 10.9 Å². The highest BCUT2D eigenvalue weighted by molar-refractivity contribution is 5.83. The maximum absolute atomic E-state index is 12.8. The molecule has 0 bridgehead atoms. The lowest BCUT2D eigenvalue weighted by Crippen LogP contribution is -2.17. The standard InChI is InChI=1S/C21H23N3O/c1-5-17-8-6-7-9-20(17)22-13-19-16(4)23-24(21(19)25)18-11-10-14(2)15(3)12-18/h6-13,23H,5H2,1-4H3. The fourth-order valence-corrected chi connectivity index (χ4v) is 2.83. The number of aromatic nitrogens is 2. The van der Waals surface area contributed by atoms with Crippen LogP contribution >= 0.6 is 0 Å². The fourth-order valence-electron chi connectivity index (χ4n) is 2.83. The number of aryl methyl sites for hydroxylation is 4. The SMILES string of the molecule is CCc1ccccc1N=Cc1c(C)[nH]n(-c2ccc(C)c(C)c2)c1=O. The number of aliphatic imine (C=N–C) groups is 1. The van der Waals surface area contributed by atoms with Crippen LogP contribution in [0.15, 0.2) is 52.3 Å². The molecule has 0 saturated heterocycles. The third-order valence-corrected chi connectivity index (χ3v) is 4.57. The van der Waals surface area contributed by atoms with Crippen molar-refractivity contribution in [2.45, 2.75) is 34.1 Å². The van der Waals surface area contributed by atoms with Crippen molar-refractivity contribution in [3.63, 3.8) is 0 Å². The summed E-state index contributed by atoms with van der Waals surface area (Å²) < 4.78 is 1.58. The molecule has 4 heteroatoms. The average molecular weight is 333 g/mol. The van der Waals surface area contributed by atoms with E-state index >= 15 is 0 Å². The molecular weight excluding hydrogens is 310 g/mol. The molecule has 1 N–H and O–H groups in total. The van der Waals surface area contributed by atoms with Gasteiger partial charge in [-0.3, -0.25) is 14.9 Å². The Morgan fingerprint density at radius 2 is 1.84 bits per heavy atom. The van der Waals surface area contributed by atoms with Gasteiger partial charge < -0.3 is 0 Å². The van der Waals surface area contributed by atoms with Gasteiger partial charge in [0.2, 0.25) is 0 Å². The third kappa shape index (κ3) is 3.33. The molecular formula is C21H23N3O. The molecule has 0 saturated carbocycles. The van der Waals surface area contributed by atoms with E-state index in [4.69, 9.17) is 0 Å². The van der Waals surface area contributed by atoms with Gasteiger partial charge in [-0.15, -0.1) is 0 Å². The van der Waals surface area contributed by atoms with Gasteiger partial charge in [0.1, 0.15) is 0 Å². The molecule has 0 fully saturated rings. The number of hydrogen-bond donors (Lipinski definition) is 1. The summed E-state index contributed by atoms with van der Waals surface area (Å²) in [6.07, 6.45) is 2.58. The third-order valence-electron chi connectivity index (χ3n) is 4.57. The molecule has 0 aliphatic rings. The van der Waals surface area contributed by atoms with Gasteiger partial charge in [0.15, 0.2) is 0 Å². The summed E-state index contributed by atoms with van der Waals surface area (Å²) in [5.74, 6) is 0. The zero-order valence-electron chi connectivity index (χ0n) is 15.1. The number of para-hydroxylation sites is 1. The van der Waals surface area contributed by atoms with Gasteiger partial charge in [-0.25, -0.2) is 4.68 Å². The van der Waals surface area contributed by atoms with Crippen LogP contribution in [0.5, 0.6) is 0 Å². The Kier molecular flexibility index (Phi) is 4.70. The van der Waals surface area contributed by atoms with Crippen LogP contribution in [0.3, 0.4) is 0 Å². The monoisotopic (exact) mass is 333 g/mol. The molecule has 0 aliphatic heterocycles. The van der Waals surface area contributed by atoms with Crippen LogP contribution in [0.2, 0.25) is 0 Å². The summed E-state index contributed by atoms with van der Waals surface area (Å²) in [7, 11) is 0. The predicted molar refractivity (Wildman–Crippen MR) is 104 cm³/mol. The van der Waals surface area contributed by atoms with Crippen molar-refractivity contribution in [1.82, 2.24) is 9.78 Å². The summed E-state index contributed by atoms with van der Waals surface area (Å²) in [5, 5.41) is 3.15. The number of aromatic amines is 1. The normalized spacial score (nSPS) is 11.4. The van der Waals surface area contributed by atoms with Gasteiger partial charge in [0.05, 0.1) is 16.9 Å². The van der Waals surface area contributed by atoms with E-state index in [-0.39, 0.29) is 5.56 Å². The van der Waals surface area contributed by atoms with Crippen molar-refractivity contribution >= 4 is 11.9 Å². The topological polar surface area (TPSA) is 50.1 Å². The van der Waals surface area contributed by atoms with Crippen LogP contribution in [0, 0.1) is 20.8 Å². The van der Waals surface area contributed by atoms with Crippen LogP contribution < -0.4 is 5.56 Å². The van der Waals surface area contributed by atoms with Crippen LogP contribution in [0.1, 0.15) is 34.9 Å². The Balaban J connectivity index is 2.01. The molecule has 2 aromatic carbocycles. The quantitative estimate of drug-likeness (QED) is 0.707. The van der Waals surface area contributed by atoms with Gasteiger partial charge >= 0.3 is 0 Å². The van der Waals surface area contributed by atoms with Gasteiger partial charge in [-0.1, -0.05) is 31.2 Å². The summed E-state index contributed by atoms with van der Waals surface area (Å²) in [6, 6.07) is 14.0. The number of rotatable bonds is 4. The number of benzene rings is 2. The molecule has 0 aliphatic carbocycles. The van der Waals surface area contributed by atoms with Crippen molar-refractivity contribution in [3.05, 3.63) is 80.8 Å². The van der Waals surface area contributed by atoms with Gasteiger partial charge in [0, 0.05) is 11.9 Å². The van der Waals surface area contributed by atoms with E-state index in [9.17, 15) is 4.79 Å². The van der Waals surface area contributed by atoms with Crippen molar-refractivity contribution < 1.29 is 0 Å². The number of H-pyrrole nitrogens is 1. The van der Waals surface area contributed by atoms with E-state index < -0.39 is 0 Å². The Labute approximate surface area is 147 Å². The molecule has 3 aromatic rings. The Bertz CT molecular complexity index is 993. The zero-order chi connectivity index (χ0) is 18.0. The van der Waals surface area contributed by atoms with Crippen LogP contribution in [-0.4, -0.2) is 16.0 Å². The lowest BCUT2D eigenvalue weighted by molar-refractivity contribution is 0.833. The Morgan fingerprint density at radius 3 is 2.56 bits per heavy atom. The average Bonchev–Trinajstić information content (AvgIpc) is 2.90. The molecule has 0 spiro atoms. The highest BCUT2D eigenvalue weighted by Crippen LogP contribution is 2.19. The van der Waals surface area contributed by atoms with Gasteiger partial charge in [0.25, 0.3) is 5.56 Å². The van der Waals surface area contributed by atoms with Crippen molar-refractivity contribution in [2.75, 3.05) is 0 Å². The van der Waals surface area contributed by atoms with E-state index in [1.165, 1.54) is 11.1 Å². The van der Waals surface area contributed by atoms with E-state index in [0.29, 0.717) is 5.56 Å². The number of nitrogens with one attached hydrogen (secondary N) is 1. The molecule has 0 radical (unpaired) electrons. The largest absolute Gasteiger partial charge is 0.295 e. The highest BCUT2D eigenvalue weighted by atomic mass is 16.1. The maximum atomic E-state index is 12.8. The summed E-state index contributed by atoms with van der Waals surface area (Å²) in [4.78, 5) is 17.4. The molecule has 0 atom stereocenters. The molecule has 0 unspecified atom stereocenters. The first-order valence-corrected chi connectivity index (χ1v) is 8.52. The second kappa shape index (κ2) is 6.93. The molecule has 4 nitrogen and oxygen atoms in total. The minimum absolute atomic E-state index is 0.0847. The number of nitrogens with zero attached hydrogens (tertiary/aromatic N) is 2. The minimum atomic E-state index is -0.0847. The lowest BCUT2D eigenvalue weighted by atomic mass is 10.1. The minimum Gasteiger partial charge on any atom is -0.295 e. The Morgan fingerprint density at radius 1 is 1.08 bits per heavy atom. The molecule has 128 valence electrons. The first-order valence-electron chi connectivity index (χ1n) is 8.52. The highest BCUT2D eigenvalue weighted by Gasteiger charge is 2.11. The van der Waals surface area contributed by atoms with Crippen molar-refractivity contribution in [1.29, 1.82) is 0 Å². The summed E-state index contributed by atoms with van der Waals surface area (Å²) in [6.45, 7) is 8.10. The van der Waals surface area contributed by atoms with Crippen LogP contribution in [0.4, 0.5) is 5.69 Å². The Hall–Kier alpha value is -2.88. The summed E-state index contributed by atoms with van der Waals surface area (Å²) in [5.41, 5.74) is 6.58. The summed E-state index contributed by atoms with van der Waals surface area (Å²) >= 11 is 0. The van der Waals surface area contributed by atoms with E-state index in [1.807, 2.05) is 50.2 Å². The van der Waals surface area contributed by atoms with Gasteiger partial charge in [-0.2, -0.15) is 0 Å². The molecule has 1 aromatic heterocycles. The molecule has 3 rings (SSSR count). The molecule has 0 amide bonds. The van der Waals surface area contributed by atoms with Gasteiger partial charge in [-0.05, 0) is 62.1 Å². The number of hydrogen-bond acceptors (Lipinski definition) is 2. The van der Waals surface area contributed by atoms with Crippen LogP contribution in [0.25, 0.3) is 5.69 Å². The smallest absolute Gasteiger partial charge is 0.280 e. The second-order valence-corrected chi connectivity index (χ2v) is 6.30. The lowest BCUT2D eigenvalue weighted by Gasteiger charge is -2.05.